The molecule has 2 N–H and O–H groups in total. The second-order valence-electron chi connectivity index (χ2n) is 6.15. The summed E-state index contributed by atoms with van der Waals surface area (Å²) in [6.45, 7) is 6.57. The third-order valence-electron chi connectivity index (χ3n) is 4.18. The molecule has 130 valence electrons. The van der Waals surface area contributed by atoms with Crippen molar-refractivity contribution in [3.05, 3.63) is 28.2 Å². The molecule has 0 spiro atoms. The van der Waals surface area contributed by atoms with Crippen LogP contribution in [0.3, 0.4) is 0 Å². The average molecular weight is 406 g/mol. The highest BCUT2D eigenvalue weighted by Crippen LogP contribution is 2.28. The number of hydrogen-bond acceptors (Lipinski definition) is 3. The number of rotatable bonds is 4. The molecule has 2 rings (SSSR count). The van der Waals surface area contributed by atoms with E-state index in [-0.39, 0.29) is 30.4 Å². The molecule has 0 saturated carbocycles. The second-order valence-corrected chi connectivity index (χ2v) is 7.00. The molecule has 1 fully saturated rings. The van der Waals surface area contributed by atoms with E-state index in [9.17, 15) is 4.79 Å². The van der Waals surface area contributed by atoms with Gasteiger partial charge in [0.2, 0.25) is 0 Å². The fourth-order valence-corrected chi connectivity index (χ4v) is 3.54. The number of likely N-dealkylation sites (tertiary alicyclic amines) is 1. The van der Waals surface area contributed by atoms with Gasteiger partial charge in [-0.15, -0.1) is 12.4 Å². The lowest BCUT2D eigenvalue weighted by atomic mass is 9.96. The number of halogens is 2. The van der Waals surface area contributed by atoms with Crippen molar-refractivity contribution in [2.75, 3.05) is 6.54 Å². The van der Waals surface area contributed by atoms with Gasteiger partial charge in [0.25, 0.3) is 5.91 Å². The zero-order valence-electron chi connectivity index (χ0n) is 13.9. The highest BCUT2D eigenvalue weighted by molar-refractivity contribution is 9.10. The van der Waals surface area contributed by atoms with E-state index in [4.69, 9.17) is 10.5 Å². The second kappa shape index (κ2) is 8.90. The normalized spacial score (nSPS) is 20.4. The zero-order chi connectivity index (χ0) is 16.3. The van der Waals surface area contributed by atoms with Gasteiger partial charge in [-0.25, -0.2) is 0 Å². The molecule has 1 saturated heterocycles. The highest BCUT2D eigenvalue weighted by atomic mass is 79.9. The molecule has 0 radical (unpaired) electrons. The first-order chi connectivity index (χ1) is 10.4. The van der Waals surface area contributed by atoms with Crippen molar-refractivity contribution in [1.82, 2.24) is 4.90 Å². The van der Waals surface area contributed by atoms with Crippen LogP contribution < -0.4 is 10.5 Å². The SMILES string of the molecule is Cc1ccc(OC(C)C(=O)N2CCCCC2C(C)N)c(Br)c1.Cl. The van der Waals surface area contributed by atoms with Gasteiger partial charge in [-0.3, -0.25) is 4.79 Å². The third kappa shape index (κ3) is 5.10. The molecule has 1 aromatic carbocycles. The molecule has 0 aromatic heterocycles. The van der Waals surface area contributed by atoms with Crippen LogP contribution in [0.2, 0.25) is 0 Å². The van der Waals surface area contributed by atoms with Crippen molar-refractivity contribution >= 4 is 34.2 Å². The van der Waals surface area contributed by atoms with E-state index in [1.54, 1.807) is 0 Å². The van der Waals surface area contributed by atoms with Crippen molar-refractivity contribution in [3.8, 4) is 5.75 Å². The predicted molar refractivity (Wildman–Crippen MR) is 99.2 cm³/mol. The summed E-state index contributed by atoms with van der Waals surface area (Å²) >= 11 is 3.49. The van der Waals surface area contributed by atoms with Crippen LogP contribution in [-0.4, -0.2) is 35.5 Å². The molecule has 1 aliphatic heterocycles. The van der Waals surface area contributed by atoms with Gasteiger partial charge in [0, 0.05) is 18.6 Å². The Hall–Kier alpha value is -0.780. The molecule has 6 heteroatoms. The van der Waals surface area contributed by atoms with Gasteiger partial charge in [-0.1, -0.05) is 6.07 Å². The molecule has 0 bridgehead atoms. The fraction of sp³-hybridized carbons (Fsp3) is 0.588. The summed E-state index contributed by atoms with van der Waals surface area (Å²) in [7, 11) is 0. The molecule has 1 aromatic rings. The van der Waals surface area contributed by atoms with Crippen LogP contribution in [0, 0.1) is 6.92 Å². The van der Waals surface area contributed by atoms with E-state index in [1.165, 1.54) is 0 Å². The van der Waals surface area contributed by atoms with Gasteiger partial charge in [-0.2, -0.15) is 0 Å². The number of benzene rings is 1. The van der Waals surface area contributed by atoms with Crippen molar-refractivity contribution in [3.63, 3.8) is 0 Å². The summed E-state index contributed by atoms with van der Waals surface area (Å²) in [5.74, 6) is 0.718. The van der Waals surface area contributed by atoms with Gasteiger partial charge in [0.1, 0.15) is 5.75 Å². The minimum absolute atomic E-state index is 0. The molecule has 0 aliphatic carbocycles. The van der Waals surface area contributed by atoms with E-state index in [0.717, 1.165) is 35.8 Å². The summed E-state index contributed by atoms with van der Waals surface area (Å²) in [5, 5.41) is 0. The van der Waals surface area contributed by atoms with Crippen LogP contribution in [0.25, 0.3) is 0 Å². The number of amides is 1. The standard InChI is InChI=1S/C17H25BrN2O2.ClH/c1-11-7-8-16(14(18)10-11)22-13(3)17(21)20-9-5-4-6-15(20)12(2)19;/h7-8,10,12-13,15H,4-6,9,19H2,1-3H3;1H. The molecule has 23 heavy (non-hydrogen) atoms. The number of carbonyl (C=O) groups is 1. The maximum absolute atomic E-state index is 12.7. The van der Waals surface area contributed by atoms with Gasteiger partial charge in [0.15, 0.2) is 6.10 Å². The Balaban J connectivity index is 0.00000264. The van der Waals surface area contributed by atoms with E-state index < -0.39 is 6.10 Å². The number of ether oxygens (including phenoxy) is 1. The molecule has 1 amide bonds. The monoisotopic (exact) mass is 404 g/mol. The quantitative estimate of drug-likeness (QED) is 0.831. The molecule has 1 heterocycles. The molecule has 4 nitrogen and oxygen atoms in total. The Morgan fingerprint density at radius 1 is 1.39 bits per heavy atom. The summed E-state index contributed by atoms with van der Waals surface area (Å²) in [5.41, 5.74) is 7.19. The smallest absolute Gasteiger partial charge is 0.263 e. The van der Waals surface area contributed by atoms with E-state index in [2.05, 4.69) is 15.9 Å². The lowest BCUT2D eigenvalue weighted by Crippen LogP contribution is -2.54. The molecule has 3 unspecified atom stereocenters. The zero-order valence-corrected chi connectivity index (χ0v) is 16.3. The largest absolute Gasteiger partial charge is 0.480 e. The number of carbonyl (C=O) groups excluding carboxylic acids is 1. The number of piperidine rings is 1. The van der Waals surface area contributed by atoms with Crippen molar-refractivity contribution in [2.45, 2.75) is 58.2 Å². The van der Waals surface area contributed by atoms with Crippen molar-refractivity contribution < 1.29 is 9.53 Å². The average Bonchev–Trinajstić information content (AvgIpc) is 2.49. The van der Waals surface area contributed by atoms with Crippen molar-refractivity contribution in [2.24, 2.45) is 5.73 Å². The number of hydrogen-bond donors (Lipinski definition) is 1. The van der Waals surface area contributed by atoms with Gasteiger partial charge < -0.3 is 15.4 Å². The Labute approximate surface area is 153 Å². The van der Waals surface area contributed by atoms with Crippen LogP contribution in [-0.2, 0) is 4.79 Å². The van der Waals surface area contributed by atoms with Gasteiger partial charge >= 0.3 is 0 Å². The third-order valence-corrected chi connectivity index (χ3v) is 4.80. The lowest BCUT2D eigenvalue weighted by Gasteiger charge is -2.39. The van der Waals surface area contributed by atoms with E-state index in [0.29, 0.717) is 5.75 Å². The summed E-state index contributed by atoms with van der Waals surface area (Å²) < 4.78 is 6.73. The Kier molecular flexibility index (Phi) is 7.84. The number of nitrogens with two attached hydrogens (primary N) is 1. The van der Waals surface area contributed by atoms with Crippen LogP contribution >= 0.6 is 28.3 Å². The van der Waals surface area contributed by atoms with Crippen LogP contribution in [0.4, 0.5) is 0 Å². The minimum Gasteiger partial charge on any atom is -0.480 e. The Morgan fingerprint density at radius 2 is 2.09 bits per heavy atom. The number of aryl methyl sites for hydroxylation is 1. The number of nitrogens with zero attached hydrogens (tertiary/aromatic N) is 1. The van der Waals surface area contributed by atoms with Gasteiger partial charge in [-0.05, 0) is 73.7 Å². The summed E-state index contributed by atoms with van der Waals surface area (Å²) in [6.07, 6.45) is 2.63. The first kappa shape index (κ1) is 20.3. The van der Waals surface area contributed by atoms with Crippen LogP contribution in [0.5, 0.6) is 5.75 Å². The minimum atomic E-state index is -0.515. The Bertz CT molecular complexity index is 539. The van der Waals surface area contributed by atoms with Crippen LogP contribution in [0.1, 0.15) is 38.7 Å². The fourth-order valence-electron chi connectivity index (χ4n) is 2.95. The lowest BCUT2D eigenvalue weighted by molar-refractivity contribution is -0.142. The summed E-state index contributed by atoms with van der Waals surface area (Å²) in [6, 6.07) is 5.96. The molecule has 3 atom stereocenters. The maximum atomic E-state index is 12.7. The first-order valence-electron chi connectivity index (χ1n) is 7.89. The maximum Gasteiger partial charge on any atom is 0.263 e. The van der Waals surface area contributed by atoms with Gasteiger partial charge in [0.05, 0.1) is 4.47 Å². The first-order valence-corrected chi connectivity index (χ1v) is 8.68. The molecular weight excluding hydrogens is 380 g/mol. The van der Waals surface area contributed by atoms with Crippen LogP contribution in [0.15, 0.2) is 22.7 Å². The molecule has 1 aliphatic rings. The predicted octanol–water partition coefficient (Wildman–Crippen LogP) is 3.67. The Morgan fingerprint density at radius 3 is 2.70 bits per heavy atom. The molecular formula is C17H26BrClN2O2. The van der Waals surface area contributed by atoms with Crippen molar-refractivity contribution in [1.29, 1.82) is 0 Å². The van der Waals surface area contributed by atoms with E-state index in [1.807, 2.05) is 43.9 Å². The topological polar surface area (TPSA) is 55.6 Å². The highest BCUT2D eigenvalue weighted by Gasteiger charge is 2.32. The summed E-state index contributed by atoms with van der Waals surface area (Å²) in [4.78, 5) is 14.6. The van der Waals surface area contributed by atoms with E-state index >= 15 is 0 Å².